The van der Waals surface area contributed by atoms with Gasteiger partial charge in [0.1, 0.15) is 0 Å². The number of carbonyl (C=O) groups is 2. The molecule has 5 nitrogen and oxygen atoms in total. The molecule has 18 heavy (non-hydrogen) atoms. The SMILES string of the molecule is O=C(NC[C@H]1CC[C@H](C(=O)O)CC1)[C@@H]1CCCN1. The maximum absolute atomic E-state index is 11.8. The van der Waals surface area contributed by atoms with Crippen molar-refractivity contribution in [2.45, 2.75) is 44.6 Å². The minimum Gasteiger partial charge on any atom is -0.481 e. The van der Waals surface area contributed by atoms with E-state index in [1.165, 1.54) is 0 Å². The van der Waals surface area contributed by atoms with Crippen LogP contribution in [0.15, 0.2) is 0 Å². The highest BCUT2D eigenvalue weighted by molar-refractivity contribution is 5.82. The molecule has 1 atom stereocenters. The molecule has 2 aliphatic rings. The number of hydrogen-bond acceptors (Lipinski definition) is 3. The highest BCUT2D eigenvalue weighted by Gasteiger charge is 2.27. The Morgan fingerprint density at radius 1 is 1.17 bits per heavy atom. The molecule has 1 heterocycles. The summed E-state index contributed by atoms with van der Waals surface area (Å²) in [7, 11) is 0. The third kappa shape index (κ3) is 3.45. The summed E-state index contributed by atoms with van der Waals surface area (Å²) in [6, 6.07) is -0.0136. The summed E-state index contributed by atoms with van der Waals surface area (Å²) >= 11 is 0. The number of amides is 1. The molecule has 1 aliphatic carbocycles. The number of hydrogen-bond donors (Lipinski definition) is 3. The van der Waals surface area contributed by atoms with Crippen LogP contribution in [0.2, 0.25) is 0 Å². The van der Waals surface area contributed by atoms with Gasteiger partial charge in [-0.05, 0) is 51.0 Å². The van der Waals surface area contributed by atoms with Gasteiger partial charge in [-0.1, -0.05) is 0 Å². The molecule has 0 spiro atoms. The maximum atomic E-state index is 11.8. The van der Waals surface area contributed by atoms with E-state index in [2.05, 4.69) is 10.6 Å². The third-order valence-corrected chi connectivity index (χ3v) is 4.14. The summed E-state index contributed by atoms with van der Waals surface area (Å²) in [4.78, 5) is 22.6. The van der Waals surface area contributed by atoms with Gasteiger partial charge in [0.2, 0.25) is 5.91 Å². The predicted molar refractivity (Wildman–Crippen MR) is 67.1 cm³/mol. The Labute approximate surface area is 107 Å². The van der Waals surface area contributed by atoms with E-state index in [0.717, 1.165) is 45.1 Å². The van der Waals surface area contributed by atoms with Crippen LogP contribution < -0.4 is 10.6 Å². The molecule has 2 rings (SSSR count). The van der Waals surface area contributed by atoms with Gasteiger partial charge in [0.05, 0.1) is 12.0 Å². The summed E-state index contributed by atoms with van der Waals surface area (Å²) in [5.41, 5.74) is 0. The van der Waals surface area contributed by atoms with Crippen LogP contribution in [-0.4, -0.2) is 36.1 Å². The summed E-state index contributed by atoms with van der Waals surface area (Å²) in [6.45, 7) is 1.63. The van der Waals surface area contributed by atoms with Gasteiger partial charge >= 0.3 is 5.97 Å². The smallest absolute Gasteiger partial charge is 0.306 e. The summed E-state index contributed by atoms with van der Waals surface area (Å²) in [5.74, 6) is -0.292. The van der Waals surface area contributed by atoms with Crippen molar-refractivity contribution in [2.24, 2.45) is 11.8 Å². The fourth-order valence-electron chi connectivity index (χ4n) is 2.89. The second kappa shape index (κ2) is 6.18. The lowest BCUT2D eigenvalue weighted by molar-refractivity contribution is -0.143. The monoisotopic (exact) mass is 254 g/mol. The summed E-state index contributed by atoms with van der Waals surface area (Å²) in [5, 5.41) is 15.1. The molecule has 1 aliphatic heterocycles. The first-order chi connectivity index (χ1) is 8.66. The molecule has 0 radical (unpaired) electrons. The van der Waals surface area contributed by atoms with Crippen molar-refractivity contribution in [1.29, 1.82) is 0 Å². The Kier molecular flexibility index (Phi) is 4.58. The van der Waals surface area contributed by atoms with Crippen LogP contribution in [0, 0.1) is 11.8 Å². The second-order valence-electron chi connectivity index (χ2n) is 5.45. The molecule has 1 saturated carbocycles. The molecule has 0 bridgehead atoms. The van der Waals surface area contributed by atoms with Gasteiger partial charge in [-0.25, -0.2) is 0 Å². The van der Waals surface area contributed by atoms with Crippen LogP contribution in [0.25, 0.3) is 0 Å². The molecule has 102 valence electrons. The standard InChI is InChI=1S/C13H22N2O3/c16-12(11-2-1-7-14-11)15-8-9-3-5-10(6-4-9)13(17)18/h9-11,14H,1-8H2,(H,15,16)(H,17,18)/t9-,10-,11-/m0/s1. The van der Waals surface area contributed by atoms with Gasteiger partial charge < -0.3 is 15.7 Å². The number of aliphatic carboxylic acids is 1. The Morgan fingerprint density at radius 2 is 1.89 bits per heavy atom. The van der Waals surface area contributed by atoms with E-state index in [-0.39, 0.29) is 17.9 Å². The van der Waals surface area contributed by atoms with E-state index in [1.807, 2.05) is 0 Å². The molecule has 3 N–H and O–H groups in total. The van der Waals surface area contributed by atoms with Gasteiger partial charge in [-0.2, -0.15) is 0 Å². The van der Waals surface area contributed by atoms with E-state index in [4.69, 9.17) is 5.11 Å². The molecule has 0 unspecified atom stereocenters. The molecule has 1 amide bonds. The Morgan fingerprint density at radius 3 is 2.44 bits per heavy atom. The zero-order valence-corrected chi connectivity index (χ0v) is 10.7. The van der Waals surface area contributed by atoms with Crippen molar-refractivity contribution in [1.82, 2.24) is 10.6 Å². The van der Waals surface area contributed by atoms with Gasteiger partial charge in [0, 0.05) is 6.54 Å². The number of nitrogens with one attached hydrogen (secondary N) is 2. The first kappa shape index (κ1) is 13.3. The molecular formula is C13H22N2O3. The van der Waals surface area contributed by atoms with Crippen molar-refractivity contribution in [2.75, 3.05) is 13.1 Å². The van der Waals surface area contributed by atoms with E-state index >= 15 is 0 Å². The average Bonchev–Trinajstić information content (AvgIpc) is 2.90. The van der Waals surface area contributed by atoms with Gasteiger partial charge in [0.25, 0.3) is 0 Å². The van der Waals surface area contributed by atoms with E-state index < -0.39 is 5.97 Å². The van der Waals surface area contributed by atoms with Crippen LogP contribution in [0.3, 0.4) is 0 Å². The molecule has 0 aromatic rings. The largest absolute Gasteiger partial charge is 0.481 e. The molecule has 1 saturated heterocycles. The topological polar surface area (TPSA) is 78.4 Å². The highest BCUT2D eigenvalue weighted by Crippen LogP contribution is 2.28. The van der Waals surface area contributed by atoms with Gasteiger partial charge in [-0.15, -0.1) is 0 Å². The zero-order valence-electron chi connectivity index (χ0n) is 10.7. The van der Waals surface area contributed by atoms with Crippen LogP contribution in [0.1, 0.15) is 38.5 Å². The predicted octanol–water partition coefficient (Wildman–Crippen LogP) is 0.746. The summed E-state index contributed by atoms with van der Waals surface area (Å²) < 4.78 is 0. The molecule has 0 aromatic heterocycles. The van der Waals surface area contributed by atoms with Crippen LogP contribution in [0.5, 0.6) is 0 Å². The van der Waals surface area contributed by atoms with Gasteiger partial charge in [0.15, 0.2) is 0 Å². The van der Waals surface area contributed by atoms with Crippen LogP contribution in [-0.2, 0) is 9.59 Å². The van der Waals surface area contributed by atoms with E-state index in [1.54, 1.807) is 0 Å². The number of carboxylic acid groups (broad SMARTS) is 1. The molecule has 0 aromatic carbocycles. The second-order valence-corrected chi connectivity index (χ2v) is 5.45. The van der Waals surface area contributed by atoms with Crippen LogP contribution in [0.4, 0.5) is 0 Å². The average molecular weight is 254 g/mol. The fraction of sp³-hybridized carbons (Fsp3) is 0.846. The Balaban J connectivity index is 1.65. The van der Waals surface area contributed by atoms with Crippen molar-refractivity contribution in [3.05, 3.63) is 0 Å². The van der Waals surface area contributed by atoms with Crippen molar-refractivity contribution in [3.8, 4) is 0 Å². The lowest BCUT2D eigenvalue weighted by Crippen LogP contribution is -2.42. The molecule has 2 fully saturated rings. The minimum atomic E-state index is -0.673. The number of carboxylic acids is 1. The minimum absolute atomic E-state index is 0.0136. The first-order valence-electron chi connectivity index (χ1n) is 6.90. The Hall–Kier alpha value is -1.10. The summed E-state index contributed by atoms with van der Waals surface area (Å²) in [6.07, 6.45) is 5.32. The Bertz CT molecular complexity index is 305. The quantitative estimate of drug-likeness (QED) is 0.691. The third-order valence-electron chi connectivity index (χ3n) is 4.14. The normalized spacial score (nSPS) is 32.1. The zero-order chi connectivity index (χ0) is 13.0. The van der Waals surface area contributed by atoms with Crippen LogP contribution >= 0.6 is 0 Å². The number of carbonyl (C=O) groups excluding carboxylic acids is 1. The van der Waals surface area contributed by atoms with E-state index in [9.17, 15) is 9.59 Å². The van der Waals surface area contributed by atoms with Crippen molar-refractivity contribution >= 4 is 11.9 Å². The lowest BCUT2D eigenvalue weighted by Gasteiger charge is -2.26. The molecule has 5 heteroatoms. The highest BCUT2D eigenvalue weighted by atomic mass is 16.4. The van der Waals surface area contributed by atoms with E-state index in [0.29, 0.717) is 12.5 Å². The number of rotatable bonds is 4. The van der Waals surface area contributed by atoms with Crippen molar-refractivity contribution in [3.63, 3.8) is 0 Å². The maximum Gasteiger partial charge on any atom is 0.306 e. The van der Waals surface area contributed by atoms with Gasteiger partial charge in [-0.3, -0.25) is 9.59 Å². The first-order valence-corrected chi connectivity index (χ1v) is 6.90. The lowest BCUT2D eigenvalue weighted by atomic mass is 9.82. The fourth-order valence-corrected chi connectivity index (χ4v) is 2.89. The van der Waals surface area contributed by atoms with Crippen molar-refractivity contribution < 1.29 is 14.7 Å². The molecular weight excluding hydrogens is 232 g/mol.